The van der Waals surface area contributed by atoms with Gasteiger partial charge in [-0.2, -0.15) is 0 Å². The maximum absolute atomic E-state index is 10.4. The first-order chi connectivity index (χ1) is 7.08. The van der Waals surface area contributed by atoms with E-state index in [4.69, 9.17) is 16.7 Å². The number of halogens is 1. The molecule has 0 aromatic heterocycles. The van der Waals surface area contributed by atoms with Crippen LogP contribution in [0.2, 0.25) is 5.02 Å². The maximum atomic E-state index is 10.4. The van der Waals surface area contributed by atoms with Gasteiger partial charge in [0.25, 0.3) is 0 Å². The van der Waals surface area contributed by atoms with E-state index in [0.29, 0.717) is 10.8 Å². The lowest BCUT2D eigenvalue weighted by molar-refractivity contribution is -0.131. The third kappa shape index (κ3) is 4.91. The van der Waals surface area contributed by atoms with Gasteiger partial charge >= 0.3 is 5.97 Å². The molecule has 0 aliphatic heterocycles. The van der Waals surface area contributed by atoms with Crippen molar-refractivity contribution in [3.05, 3.63) is 40.9 Å². The van der Waals surface area contributed by atoms with Crippen LogP contribution in [0.5, 0.6) is 0 Å². The van der Waals surface area contributed by atoms with Crippen molar-refractivity contribution in [3.63, 3.8) is 0 Å². The number of benzene rings is 1. The van der Waals surface area contributed by atoms with Crippen molar-refractivity contribution < 1.29 is 9.90 Å². The van der Waals surface area contributed by atoms with Gasteiger partial charge in [-0.15, -0.1) is 11.8 Å². The second-order valence-electron chi connectivity index (χ2n) is 3.07. The minimum Gasteiger partial charge on any atom is -0.478 e. The Morgan fingerprint density at radius 3 is 2.93 bits per heavy atom. The van der Waals surface area contributed by atoms with Gasteiger partial charge < -0.3 is 5.11 Å². The van der Waals surface area contributed by atoms with Crippen molar-refractivity contribution >= 4 is 29.3 Å². The van der Waals surface area contributed by atoms with Gasteiger partial charge in [0.05, 0.1) is 0 Å². The molecule has 0 unspecified atom stereocenters. The van der Waals surface area contributed by atoms with Crippen LogP contribution in [0.15, 0.2) is 40.8 Å². The van der Waals surface area contributed by atoms with E-state index in [1.54, 1.807) is 18.7 Å². The highest BCUT2D eigenvalue weighted by atomic mass is 35.5. The van der Waals surface area contributed by atoms with Crippen molar-refractivity contribution in [1.29, 1.82) is 0 Å². The number of rotatable bonds is 4. The fourth-order valence-corrected chi connectivity index (χ4v) is 2.12. The van der Waals surface area contributed by atoms with E-state index >= 15 is 0 Å². The van der Waals surface area contributed by atoms with Gasteiger partial charge in [0.1, 0.15) is 0 Å². The summed E-state index contributed by atoms with van der Waals surface area (Å²) >= 11 is 7.39. The van der Waals surface area contributed by atoms with Crippen LogP contribution in [0.4, 0.5) is 0 Å². The summed E-state index contributed by atoms with van der Waals surface area (Å²) in [6, 6.07) is 7.50. The Kier molecular flexibility index (Phi) is 4.72. The Labute approximate surface area is 97.9 Å². The molecule has 0 spiro atoms. The highest BCUT2D eigenvalue weighted by molar-refractivity contribution is 7.99. The topological polar surface area (TPSA) is 37.3 Å². The van der Waals surface area contributed by atoms with E-state index in [-0.39, 0.29) is 0 Å². The predicted octanol–water partition coefficient (Wildman–Crippen LogP) is 3.46. The molecule has 4 heteroatoms. The molecule has 1 aromatic rings. The van der Waals surface area contributed by atoms with Gasteiger partial charge in [-0.1, -0.05) is 23.2 Å². The molecule has 0 fully saturated rings. The minimum absolute atomic E-state index is 0.659. The summed E-state index contributed by atoms with van der Waals surface area (Å²) in [5.41, 5.74) is 0.826. The highest BCUT2D eigenvalue weighted by Gasteiger charge is 1.98. The standard InChI is InChI=1S/C11H11ClO2S/c1-8(5-11(13)14)7-15-10-4-2-3-9(12)6-10/h2-6H,7H2,1H3,(H,13,14). The Balaban J connectivity index is 2.54. The molecule has 0 amide bonds. The quantitative estimate of drug-likeness (QED) is 0.649. The van der Waals surface area contributed by atoms with Crippen molar-refractivity contribution in [2.75, 3.05) is 5.75 Å². The van der Waals surface area contributed by atoms with Gasteiger partial charge in [-0.05, 0) is 25.1 Å². The van der Waals surface area contributed by atoms with Crippen LogP contribution in [-0.2, 0) is 4.79 Å². The largest absolute Gasteiger partial charge is 0.478 e. The van der Waals surface area contributed by atoms with Gasteiger partial charge in [-0.3, -0.25) is 0 Å². The summed E-state index contributed by atoms with van der Waals surface area (Å²) in [6.07, 6.45) is 1.22. The van der Waals surface area contributed by atoms with Crippen molar-refractivity contribution in [2.45, 2.75) is 11.8 Å². The number of thioether (sulfide) groups is 1. The highest BCUT2D eigenvalue weighted by Crippen LogP contribution is 2.23. The second-order valence-corrected chi connectivity index (χ2v) is 4.56. The molecule has 2 nitrogen and oxygen atoms in total. The van der Waals surface area contributed by atoms with Gasteiger partial charge in [0, 0.05) is 21.7 Å². The van der Waals surface area contributed by atoms with Crippen LogP contribution in [0, 0.1) is 0 Å². The third-order valence-corrected chi connectivity index (χ3v) is 3.05. The summed E-state index contributed by atoms with van der Waals surface area (Å²) in [7, 11) is 0. The first kappa shape index (κ1) is 12.1. The number of aliphatic carboxylic acids is 1. The molecular weight excluding hydrogens is 232 g/mol. The van der Waals surface area contributed by atoms with E-state index in [1.807, 2.05) is 24.3 Å². The summed E-state index contributed by atoms with van der Waals surface area (Å²) in [5.74, 6) is -0.244. The molecule has 80 valence electrons. The fourth-order valence-electron chi connectivity index (χ4n) is 1.01. The van der Waals surface area contributed by atoms with Crippen LogP contribution in [0.25, 0.3) is 0 Å². The molecule has 15 heavy (non-hydrogen) atoms. The summed E-state index contributed by atoms with van der Waals surface area (Å²) < 4.78 is 0. The Morgan fingerprint density at radius 1 is 1.60 bits per heavy atom. The smallest absolute Gasteiger partial charge is 0.328 e. The molecule has 1 N–H and O–H groups in total. The Hall–Kier alpha value is -0.930. The molecule has 0 aliphatic rings. The predicted molar refractivity (Wildman–Crippen MR) is 63.6 cm³/mol. The molecule has 0 saturated heterocycles. The zero-order chi connectivity index (χ0) is 11.3. The van der Waals surface area contributed by atoms with Crippen LogP contribution >= 0.6 is 23.4 Å². The first-order valence-corrected chi connectivity index (χ1v) is 5.73. The lowest BCUT2D eigenvalue weighted by atomic mass is 10.3. The molecule has 0 heterocycles. The van der Waals surface area contributed by atoms with Crippen molar-refractivity contribution in [3.8, 4) is 0 Å². The molecule has 0 saturated carbocycles. The van der Waals surface area contributed by atoms with Gasteiger partial charge in [-0.25, -0.2) is 4.79 Å². The fraction of sp³-hybridized carbons (Fsp3) is 0.182. The lowest BCUT2D eigenvalue weighted by Crippen LogP contribution is -1.91. The molecule has 1 aromatic carbocycles. The average Bonchev–Trinajstić information content (AvgIpc) is 2.14. The van der Waals surface area contributed by atoms with Crippen molar-refractivity contribution in [1.82, 2.24) is 0 Å². The van der Waals surface area contributed by atoms with Crippen LogP contribution in [0.3, 0.4) is 0 Å². The molecule has 0 bridgehead atoms. The number of carboxylic acid groups (broad SMARTS) is 1. The lowest BCUT2D eigenvalue weighted by Gasteiger charge is -2.01. The molecule has 0 radical (unpaired) electrons. The van der Waals surface area contributed by atoms with Crippen LogP contribution in [0.1, 0.15) is 6.92 Å². The van der Waals surface area contributed by atoms with Crippen LogP contribution < -0.4 is 0 Å². The van der Waals surface area contributed by atoms with Crippen LogP contribution in [-0.4, -0.2) is 16.8 Å². The first-order valence-electron chi connectivity index (χ1n) is 4.36. The number of hydrogen-bond acceptors (Lipinski definition) is 2. The summed E-state index contributed by atoms with van der Waals surface area (Å²) in [4.78, 5) is 11.4. The summed E-state index contributed by atoms with van der Waals surface area (Å²) in [5, 5.41) is 9.21. The zero-order valence-electron chi connectivity index (χ0n) is 8.24. The van der Waals surface area contributed by atoms with E-state index in [0.717, 1.165) is 10.5 Å². The van der Waals surface area contributed by atoms with Crippen molar-refractivity contribution in [2.24, 2.45) is 0 Å². The normalized spacial score (nSPS) is 11.5. The Morgan fingerprint density at radius 2 is 2.33 bits per heavy atom. The van der Waals surface area contributed by atoms with Gasteiger partial charge in [0.15, 0.2) is 0 Å². The summed E-state index contributed by atoms with van der Waals surface area (Å²) in [6.45, 7) is 1.80. The number of hydrogen-bond donors (Lipinski definition) is 1. The monoisotopic (exact) mass is 242 g/mol. The molecule has 0 aliphatic carbocycles. The number of carboxylic acids is 1. The van der Waals surface area contributed by atoms with E-state index in [2.05, 4.69) is 0 Å². The third-order valence-electron chi connectivity index (χ3n) is 1.63. The van der Waals surface area contributed by atoms with Gasteiger partial charge in [0.2, 0.25) is 0 Å². The SMILES string of the molecule is CC(=CC(=O)O)CSc1cccc(Cl)c1. The molecular formula is C11H11ClO2S. The molecule has 1 rings (SSSR count). The van der Waals surface area contributed by atoms with E-state index in [9.17, 15) is 4.79 Å². The average molecular weight is 243 g/mol. The zero-order valence-corrected chi connectivity index (χ0v) is 9.81. The maximum Gasteiger partial charge on any atom is 0.328 e. The Bertz CT molecular complexity index is 388. The number of carbonyl (C=O) groups is 1. The minimum atomic E-state index is -0.904. The van der Waals surface area contributed by atoms with E-state index in [1.165, 1.54) is 6.08 Å². The second kappa shape index (κ2) is 5.83. The molecule has 0 atom stereocenters. The van der Waals surface area contributed by atoms with E-state index < -0.39 is 5.97 Å².